The van der Waals surface area contributed by atoms with Gasteiger partial charge in [0.2, 0.25) is 0 Å². The Hall–Kier alpha value is -0.160. The van der Waals surface area contributed by atoms with Crippen molar-refractivity contribution in [2.24, 2.45) is 0 Å². The Morgan fingerprint density at radius 2 is 2.30 bits per heavy atom. The van der Waals surface area contributed by atoms with E-state index in [1.807, 2.05) is 0 Å². The molecule has 2 N–H and O–H groups in total. The average Bonchev–Trinajstić information content (AvgIpc) is 2.20. The minimum Gasteiger partial charge on any atom is -0.388 e. The van der Waals surface area contributed by atoms with E-state index >= 15 is 0 Å². The third kappa shape index (κ3) is 1.46. The standard InChI is InChI=1S/C6H12O4/c1-9-3-5-6(8)4(7)2-10-5/h4-8H,2-3H2,1H3. The van der Waals surface area contributed by atoms with Gasteiger partial charge in [0, 0.05) is 7.11 Å². The number of methoxy groups -OCH3 is 1. The summed E-state index contributed by atoms with van der Waals surface area (Å²) < 4.78 is 9.74. The molecule has 0 aromatic heterocycles. The van der Waals surface area contributed by atoms with E-state index in [0.717, 1.165) is 0 Å². The summed E-state index contributed by atoms with van der Waals surface area (Å²) in [5.41, 5.74) is 0. The molecule has 0 saturated carbocycles. The van der Waals surface area contributed by atoms with Gasteiger partial charge in [-0.3, -0.25) is 0 Å². The van der Waals surface area contributed by atoms with Gasteiger partial charge >= 0.3 is 0 Å². The molecule has 0 aromatic rings. The molecule has 1 fully saturated rings. The van der Waals surface area contributed by atoms with Gasteiger partial charge in [0.1, 0.15) is 18.3 Å². The molecule has 3 unspecified atom stereocenters. The smallest absolute Gasteiger partial charge is 0.110 e. The Morgan fingerprint density at radius 1 is 1.60 bits per heavy atom. The lowest BCUT2D eigenvalue weighted by molar-refractivity contribution is -0.0178. The van der Waals surface area contributed by atoms with Gasteiger partial charge in [-0.1, -0.05) is 0 Å². The molecule has 4 heteroatoms. The van der Waals surface area contributed by atoms with Crippen molar-refractivity contribution in [3.63, 3.8) is 0 Å². The highest BCUT2D eigenvalue weighted by molar-refractivity contribution is 4.82. The molecule has 0 aliphatic carbocycles. The molecule has 0 spiro atoms. The fourth-order valence-electron chi connectivity index (χ4n) is 0.978. The van der Waals surface area contributed by atoms with Gasteiger partial charge < -0.3 is 19.7 Å². The van der Waals surface area contributed by atoms with Gasteiger partial charge in [0.05, 0.1) is 13.2 Å². The van der Waals surface area contributed by atoms with E-state index in [4.69, 9.17) is 19.7 Å². The molecule has 60 valence electrons. The SMILES string of the molecule is COCC1OCC(O)C1O. The minimum absolute atomic E-state index is 0.204. The Bertz CT molecular complexity index is 104. The van der Waals surface area contributed by atoms with Crippen LogP contribution in [0.1, 0.15) is 0 Å². The third-order valence-electron chi connectivity index (χ3n) is 1.59. The second-order valence-electron chi connectivity index (χ2n) is 2.39. The molecule has 0 aromatic carbocycles. The number of hydrogen-bond acceptors (Lipinski definition) is 4. The van der Waals surface area contributed by atoms with Crippen LogP contribution in [0.2, 0.25) is 0 Å². The van der Waals surface area contributed by atoms with Gasteiger partial charge in [-0.15, -0.1) is 0 Å². The third-order valence-corrected chi connectivity index (χ3v) is 1.59. The van der Waals surface area contributed by atoms with Crippen LogP contribution in [0.4, 0.5) is 0 Å². The van der Waals surface area contributed by atoms with E-state index in [0.29, 0.717) is 6.61 Å². The molecule has 1 aliphatic heterocycles. The Kier molecular flexibility index (Phi) is 2.62. The van der Waals surface area contributed by atoms with Crippen molar-refractivity contribution < 1.29 is 19.7 Å². The number of rotatable bonds is 2. The Balaban J connectivity index is 2.33. The fraction of sp³-hybridized carbons (Fsp3) is 1.00. The summed E-state index contributed by atoms with van der Waals surface area (Å²) >= 11 is 0. The molecule has 1 heterocycles. The summed E-state index contributed by atoms with van der Waals surface area (Å²) in [6.07, 6.45) is -1.90. The first kappa shape index (κ1) is 7.94. The molecule has 0 bridgehead atoms. The van der Waals surface area contributed by atoms with Crippen LogP contribution in [0, 0.1) is 0 Å². The predicted octanol–water partition coefficient (Wildman–Crippen LogP) is -1.25. The second-order valence-corrected chi connectivity index (χ2v) is 2.39. The number of aliphatic hydroxyl groups is 2. The van der Waals surface area contributed by atoms with E-state index in [-0.39, 0.29) is 12.7 Å². The molecule has 1 saturated heterocycles. The molecule has 10 heavy (non-hydrogen) atoms. The van der Waals surface area contributed by atoms with Gasteiger partial charge in [-0.05, 0) is 0 Å². The normalized spacial score (nSPS) is 40.5. The first-order valence-electron chi connectivity index (χ1n) is 3.22. The fourth-order valence-corrected chi connectivity index (χ4v) is 0.978. The van der Waals surface area contributed by atoms with Crippen molar-refractivity contribution in [1.29, 1.82) is 0 Å². The molecule has 4 nitrogen and oxygen atoms in total. The van der Waals surface area contributed by atoms with Gasteiger partial charge in [0.25, 0.3) is 0 Å². The summed E-state index contributed by atoms with van der Waals surface area (Å²) in [5, 5.41) is 18.1. The highest BCUT2D eigenvalue weighted by atomic mass is 16.6. The molecule has 0 radical (unpaired) electrons. The van der Waals surface area contributed by atoms with Crippen molar-refractivity contribution >= 4 is 0 Å². The zero-order valence-corrected chi connectivity index (χ0v) is 5.86. The maximum atomic E-state index is 9.13. The monoisotopic (exact) mass is 148 g/mol. The summed E-state index contributed by atoms with van der Waals surface area (Å²) in [7, 11) is 1.53. The van der Waals surface area contributed by atoms with Crippen LogP contribution in [-0.2, 0) is 9.47 Å². The highest BCUT2D eigenvalue weighted by Crippen LogP contribution is 2.13. The summed E-state index contributed by atoms with van der Waals surface area (Å²) in [5.74, 6) is 0. The van der Waals surface area contributed by atoms with Gasteiger partial charge in [-0.25, -0.2) is 0 Å². The molecule has 3 atom stereocenters. The van der Waals surface area contributed by atoms with Crippen LogP contribution < -0.4 is 0 Å². The van der Waals surface area contributed by atoms with Crippen LogP contribution in [0.5, 0.6) is 0 Å². The Labute approximate surface area is 59.4 Å². The van der Waals surface area contributed by atoms with E-state index < -0.39 is 12.2 Å². The van der Waals surface area contributed by atoms with E-state index in [9.17, 15) is 0 Å². The lowest BCUT2D eigenvalue weighted by Gasteiger charge is -2.12. The van der Waals surface area contributed by atoms with Crippen molar-refractivity contribution in [3.8, 4) is 0 Å². The first-order chi connectivity index (χ1) is 4.75. The largest absolute Gasteiger partial charge is 0.388 e. The summed E-state index contributed by atoms with van der Waals surface area (Å²) in [4.78, 5) is 0. The number of hydrogen-bond donors (Lipinski definition) is 2. The first-order valence-corrected chi connectivity index (χ1v) is 3.22. The predicted molar refractivity (Wildman–Crippen MR) is 33.6 cm³/mol. The number of ether oxygens (including phenoxy) is 2. The summed E-state index contributed by atoms with van der Waals surface area (Å²) in [6, 6.07) is 0. The van der Waals surface area contributed by atoms with Crippen molar-refractivity contribution in [1.82, 2.24) is 0 Å². The van der Waals surface area contributed by atoms with Crippen molar-refractivity contribution in [2.45, 2.75) is 18.3 Å². The minimum atomic E-state index is -0.792. The quantitative estimate of drug-likeness (QED) is 0.514. The van der Waals surface area contributed by atoms with E-state index in [1.165, 1.54) is 7.11 Å². The Morgan fingerprint density at radius 3 is 2.70 bits per heavy atom. The zero-order valence-electron chi connectivity index (χ0n) is 5.86. The molecular weight excluding hydrogens is 136 g/mol. The maximum absolute atomic E-state index is 9.13. The second kappa shape index (κ2) is 3.30. The highest BCUT2D eigenvalue weighted by Gasteiger charge is 2.34. The van der Waals surface area contributed by atoms with E-state index in [2.05, 4.69) is 0 Å². The molecule has 1 rings (SSSR count). The molecular formula is C6H12O4. The van der Waals surface area contributed by atoms with Gasteiger partial charge in [0.15, 0.2) is 0 Å². The van der Waals surface area contributed by atoms with Crippen molar-refractivity contribution in [3.05, 3.63) is 0 Å². The van der Waals surface area contributed by atoms with Crippen LogP contribution in [-0.4, -0.2) is 48.8 Å². The van der Waals surface area contributed by atoms with Gasteiger partial charge in [-0.2, -0.15) is 0 Å². The lowest BCUT2D eigenvalue weighted by atomic mass is 10.2. The van der Waals surface area contributed by atoms with Crippen LogP contribution >= 0.6 is 0 Å². The maximum Gasteiger partial charge on any atom is 0.110 e. The van der Waals surface area contributed by atoms with E-state index in [1.54, 1.807) is 0 Å². The van der Waals surface area contributed by atoms with Crippen LogP contribution in [0.15, 0.2) is 0 Å². The van der Waals surface area contributed by atoms with Crippen molar-refractivity contribution in [2.75, 3.05) is 20.3 Å². The average molecular weight is 148 g/mol. The zero-order chi connectivity index (χ0) is 7.56. The summed E-state index contributed by atoms with van der Waals surface area (Å²) in [6.45, 7) is 0.535. The lowest BCUT2D eigenvalue weighted by Crippen LogP contribution is -2.32. The van der Waals surface area contributed by atoms with Crippen LogP contribution in [0.25, 0.3) is 0 Å². The topological polar surface area (TPSA) is 58.9 Å². The molecule has 0 amide bonds. The number of aliphatic hydroxyl groups excluding tert-OH is 2. The van der Waals surface area contributed by atoms with Crippen LogP contribution in [0.3, 0.4) is 0 Å². The molecule has 1 aliphatic rings.